The number of aromatic nitrogens is 2. The topological polar surface area (TPSA) is 47.5 Å². The molecule has 6 heteroatoms. The highest BCUT2D eigenvalue weighted by atomic mass is 15.2. The molecule has 1 saturated heterocycles. The number of nitrogens with one attached hydrogen (secondary N) is 1. The van der Waals surface area contributed by atoms with Gasteiger partial charge in [0, 0.05) is 55.2 Å². The van der Waals surface area contributed by atoms with Gasteiger partial charge in [-0.05, 0) is 71.2 Å². The van der Waals surface area contributed by atoms with E-state index in [9.17, 15) is 0 Å². The van der Waals surface area contributed by atoms with Crippen molar-refractivity contribution in [2.24, 2.45) is 0 Å². The van der Waals surface area contributed by atoms with Gasteiger partial charge in [-0.15, -0.1) is 0 Å². The van der Waals surface area contributed by atoms with Crippen LogP contribution in [0.1, 0.15) is 31.5 Å². The third-order valence-electron chi connectivity index (χ3n) is 5.85. The summed E-state index contributed by atoms with van der Waals surface area (Å²) < 4.78 is 0. The van der Waals surface area contributed by atoms with Gasteiger partial charge in [-0.2, -0.15) is 0 Å². The molecule has 1 aromatic heterocycles. The maximum atomic E-state index is 4.94. The molecule has 1 fully saturated rings. The standard InChI is InChI=1S/C24H38N6/c1-6-21-22(7-2)26-23(27-24(21)25-13-8-14-28(3)4)19-9-11-20(12-10-19)30-17-15-29(5)16-18-30/h9-12H,6-8,13-18H2,1-5H3,(H,25,26,27). The van der Waals surface area contributed by atoms with Gasteiger partial charge in [-0.25, -0.2) is 9.97 Å². The van der Waals surface area contributed by atoms with Gasteiger partial charge >= 0.3 is 0 Å². The first kappa shape index (κ1) is 22.5. The van der Waals surface area contributed by atoms with Crippen LogP contribution in [0.2, 0.25) is 0 Å². The lowest BCUT2D eigenvalue weighted by molar-refractivity contribution is 0.313. The molecule has 0 atom stereocenters. The summed E-state index contributed by atoms with van der Waals surface area (Å²) in [5.74, 6) is 1.82. The van der Waals surface area contributed by atoms with Crippen molar-refractivity contribution >= 4 is 11.5 Å². The Morgan fingerprint density at radius 1 is 0.967 bits per heavy atom. The van der Waals surface area contributed by atoms with Crippen LogP contribution < -0.4 is 10.2 Å². The normalized spacial score (nSPS) is 15.1. The summed E-state index contributed by atoms with van der Waals surface area (Å²) in [4.78, 5) is 16.9. The van der Waals surface area contributed by atoms with Crippen LogP contribution in [0.4, 0.5) is 11.5 Å². The molecule has 0 saturated carbocycles. The Hall–Kier alpha value is -2.18. The highest BCUT2D eigenvalue weighted by molar-refractivity contribution is 5.63. The van der Waals surface area contributed by atoms with Gasteiger partial charge in [0.1, 0.15) is 5.82 Å². The van der Waals surface area contributed by atoms with Crippen molar-refractivity contribution < 1.29 is 0 Å². The second-order valence-corrected chi connectivity index (χ2v) is 8.45. The summed E-state index contributed by atoms with van der Waals surface area (Å²) in [6.45, 7) is 10.8. The highest BCUT2D eigenvalue weighted by Crippen LogP contribution is 2.26. The van der Waals surface area contributed by atoms with E-state index in [-0.39, 0.29) is 0 Å². The lowest BCUT2D eigenvalue weighted by Crippen LogP contribution is -2.44. The molecule has 2 aromatic rings. The number of anilines is 2. The molecule has 1 aliphatic rings. The first-order valence-corrected chi connectivity index (χ1v) is 11.3. The third kappa shape index (κ3) is 5.70. The molecule has 0 amide bonds. The van der Waals surface area contributed by atoms with E-state index < -0.39 is 0 Å². The lowest BCUT2D eigenvalue weighted by Gasteiger charge is -2.34. The van der Waals surface area contributed by atoms with Gasteiger partial charge in [-0.1, -0.05) is 13.8 Å². The van der Waals surface area contributed by atoms with E-state index in [0.717, 1.165) is 81.4 Å². The fourth-order valence-electron chi connectivity index (χ4n) is 3.96. The van der Waals surface area contributed by atoms with Crippen molar-refractivity contribution in [1.82, 2.24) is 19.8 Å². The zero-order valence-corrected chi connectivity index (χ0v) is 19.4. The molecule has 164 valence electrons. The molecule has 0 radical (unpaired) electrons. The summed E-state index contributed by atoms with van der Waals surface area (Å²) in [7, 11) is 6.41. The van der Waals surface area contributed by atoms with E-state index in [0.29, 0.717) is 0 Å². The summed E-state index contributed by atoms with van der Waals surface area (Å²) in [6.07, 6.45) is 2.96. The summed E-state index contributed by atoms with van der Waals surface area (Å²) in [5.41, 5.74) is 4.78. The van der Waals surface area contributed by atoms with E-state index in [1.54, 1.807) is 0 Å². The molecule has 0 spiro atoms. The summed E-state index contributed by atoms with van der Waals surface area (Å²) in [5, 5.41) is 3.58. The first-order valence-electron chi connectivity index (χ1n) is 11.3. The van der Waals surface area contributed by atoms with Crippen molar-refractivity contribution in [3.63, 3.8) is 0 Å². The average Bonchev–Trinajstić information content (AvgIpc) is 2.76. The van der Waals surface area contributed by atoms with Crippen molar-refractivity contribution in [1.29, 1.82) is 0 Å². The van der Waals surface area contributed by atoms with Crippen molar-refractivity contribution in [3.05, 3.63) is 35.5 Å². The minimum Gasteiger partial charge on any atom is -0.370 e. The molecule has 6 nitrogen and oxygen atoms in total. The summed E-state index contributed by atoms with van der Waals surface area (Å²) in [6, 6.07) is 8.77. The van der Waals surface area contributed by atoms with Crippen LogP contribution in [0.15, 0.2) is 24.3 Å². The van der Waals surface area contributed by atoms with Crippen LogP contribution in [0, 0.1) is 0 Å². The van der Waals surface area contributed by atoms with Crippen LogP contribution >= 0.6 is 0 Å². The average molecular weight is 411 g/mol. The number of likely N-dealkylation sites (N-methyl/N-ethyl adjacent to an activating group) is 1. The fourth-order valence-corrected chi connectivity index (χ4v) is 3.96. The zero-order valence-electron chi connectivity index (χ0n) is 19.4. The molecule has 0 bridgehead atoms. The van der Waals surface area contributed by atoms with Crippen LogP contribution in [0.5, 0.6) is 0 Å². The Bertz CT molecular complexity index is 794. The predicted molar refractivity (Wildman–Crippen MR) is 128 cm³/mol. The van der Waals surface area contributed by atoms with E-state index in [1.165, 1.54) is 11.3 Å². The second-order valence-electron chi connectivity index (χ2n) is 8.45. The smallest absolute Gasteiger partial charge is 0.161 e. The molecule has 30 heavy (non-hydrogen) atoms. The third-order valence-corrected chi connectivity index (χ3v) is 5.85. The largest absolute Gasteiger partial charge is 0.370 e. The van der Waals surface area contributed by atoms with Crippen molar-refractivity contribution in [3.8, 4) is 11.4 Å². The van der Waals surface area contributed by atoms with E-state index in [1.807, 2.05) is 0 Å². The maximum absolute atomic E-state index is 4.94. The molecule has 0 unspecified atom stereocenters. The number of hydrogen-bond acceptors (Lipinski definition) is 6. The number of hydrogen-bond donors (Lipinski definition) is 1. The number of aryl methyl sites for hydroxylation is 1. The second kappa shape index (κ2) is 10.7. The van der Waals surface area contributed by atoms with Gasteiger partial charge in [0.2, 0.25) is 0 Å². The Balaban J connectivity index is 1.79. The number of nitrogens with zero attached hydrogens (tertiary/aromatic N) is 5. The van der Waals surface area contributed by atoms with Crippen LogP contribution in [-0.4, -0.2) is 80.2 Å². The zero-order chi connectivity index (χ0) is 21.5. The number of piperazine rings is 1. The fraction of sp³-hybridized carbons (Fsp3) is 0.583. The Morgan fingerprint density at radius 2 is 1.67 bits per heavy atom. The van der Waals surface area contributed by atoms with Crippen LogP contribution in [-0.2, 0) is 12.8 Å². The Labute approximate surface area is 182 Å². The molecule has 0 aliphatic carbocycles. The van der Waals surface area contributed by atoms with Gasteiger partial charge in [0.15, 0.2) is 5.82 Å². The van der Waals surface area contributed by atoms with E-state index >= 15 is 0 Å². The van der Waals surface area contributed by atoms with Gasteiger partial charge < -0.3 is 20.0 Å². The maximum Gasteiger partial charge on any atom is 0.161 e. The van der Waals surface area contributed by atoms with Crippen molar-refractivity contribution in [2.75, 3.05) is 70.6 Å². The van der Waals surface area contributed by atoms with Gasteiger partial charge in [0.25, 0.3) is 0 Å². The Morgan fingerprint density at radius 3 is 2.27 bits per heavy atom. The molecular weight excluding hydrogens is 372 g/mol. The molecule has 1 aromatic carbocycles. The monoisotopic (exact) mass is 410 g/mol. The molecule has 1 aliphatic heterocycles. The van der Waals surface area contributed by atoms with Crippen molar-refractivity contribution in [2.45, 2.75) is 33.1 Å². The molecule has 2 heterocycles. The van der Waals surface area contributed by atoms with Gasteiger partial charge in [0.05, 0.1) is 0 Å². The van der Waals surface area contributed by atoms with E-state index in [4.69, 9.17) is 9.97 Å². The van der Waals surface area contributed by atoms with Gasteiger partial charge in [-0.3, -0.25) is 0 Å². The Kier molecular flexibility index (Phi) is 8.05. The predicted octanol–water partition coefficient (Wildman–Crippen LogP) is 3.38. The molecular formula is C24H38N6. The minimum atomic E-state index is 0.823. The SMILES string of the molecule is CCc1nc(-c2ccc(N3CCN(C)CC3)cc2)nc(NCCCN(C)C)c1CC. The quantitative estimate of drug-likeness (QED) is 0.640. The first-order chi connectivity index (χ1) is 14.5. The highest BCUT2D eigenvalue weighted by Gasteiger charge is 2.16. The van der Waals surface area contributed by atoms with Crippen LogP contribution in [0.3, 0.4) is 0 Å². The lowest BCUT2D eigenvalue weighted by atomic mass is 10.1. The number of benzene rings is 1. The summed E-state index contributed by atoms with van der Waals surface area (Å²) >= 11 is 0. The van der Waals surface area contributed by atoms with Crippen LogP contribution in [0.25, 0.3) is 11.4 Å². The number of rotatable bonds is 9. The molecule has 1 N–H and O–H groups in total. The molecule has 3 rings (SSSR count). The van der Waals surface area contributed by atoms with E-state index in [2.05, 4.69) is 79.3 Å². The minimum absolute atomic E-state index is 0.823.